The standard InChI is InChI=1S/C50H38N5/c1-35-29-30-51-49(31-35)55-45-24-10-9-21-43(45)44-28-27-40(33-48(44)55)54(39-20-13-19-38(32-39)53-34-52(2)46-25-11-12-26-47(46)53)50-41(36-15-5-3-6-16-36)22-14-23-42(50)37-17-7-4-8-18-37/h3-34H,1-2H3/q+1/i1D3. The zero-order chi connectivity index (χ0) is 39.4. The lowest BCUT2D eigenvalue weighted by molar-refractivity contribution is 0.911. The Hall–Kier alpha value is -7.24. The van der Waals surface area contributed by atoms with Crippen LogP contribution >= 0.6 is 0 Å². The maximum Gasteiger partial charge on any atom is 0.191 e. The SMILES string of the molecule is [2H]C([2H])([2H])c1ccnc(-n2c3ccccc3c3ccc(N(c4cccc(-n5[cH+]n(C)c6ccccc65)c4)c4c(-c5ccccc5)cccc4-c4ccccc4)cc32)c1. The van der Waals surface area contributed by atoms with Crippen molar-refractivity contribution in [3.05, 3.63) is 200 Å². The van der Waals surface area contributed by atoms with E-state index in [1.165, 1.54) is 0 Å². The molecule has 3 aromatic heterocycles. The van der Waals surface area contributed by atoms with Crippen molar-refractivity contribution in [3.8, 4) is 33.8 Å². The van der Waals surface area contributed by atoms with E-state index in [-0.39, 0.29) is 5.56 Å². The van der Waals surface area contributed by atoms with E-state index < -0.39 is 6.85 Å². The molecule has 0 bridgehead atoms. The van der Waals surface area contributed by atoms with Crippen LogP contribution in [-0.2, 0) is 7.05 Å². The fraction of sp³-hybridized carbons (Fsp3) is 0.0400. The van der Waals surface area contributed by atoms with E-state index in [2.05, 4.69) is 190 Å². The number of para-hydroxylation sites is 4. The lowest BCUT2D eigenvalue weighted by atomic mass is 9.94. The first-order chi connectivity index (χ1) is 28.3. The largest absolute Gasteiger partial charge is 0.308 e. The first kappa shape index (κ1) is 29.2. The van der Waals surface area contributed by atoms with Crippen LogP contribution in [0.25, 0.3) is 66.6 Å². The van der Waals surface area contributed by atoms with E-state index in [1.807, 2.05) is 12.1 Å². The van der Waals surface area contributed by atoms with Gasteiger partial charge in [-0.3, -0.25) is 4.57 Å². The molecule has 0 atom stereocenters. The summed E-state index contributed by atoms with van der Waals surface area (Å²) in [7, 11) is 2.08. The summed E-state index contributed by atoms with van der Waals surface area (Å²) < 4.78 is 31.1. The number of imidazole rings is 1. The maximum atomic E-state index is 8.20. The number of rotatable bonds is 7. The molecule has 0 aliphatic heterocycles. The normalized spacial score (nSPS) is 12.5. The fourth-order valence-corrected chi connectivity index (χ4v) is 8.03. The fourth-order valence-electron chi connectivity index (χ4n) is 8.03. The molecule has 0 radical (unpaired) electrons. The van der Waals surface area contributed by atoms with E-state index in [0.717, 1.165) is 77.8 Å². The molecule has 10 rings (SSSR count). The van der Waals surface area contributed by atoms with Gasteiger partial charge in [0, 0.05) is 69.2 Å². The molecule has 55 heavy (non-hydrogen) atoms. The lowest BCUT2D eigenvalue weighted by Crippen LogP contribution is -2.13. The molecule has 0 aliphatic carbocycles. The molecule has 0 spiro atoms. The molecule has 0 saturated heterocycles. The van der Waals surface area contributed by atoms with Crippen LogP contribution < -0.4 is 4.90 Å². The van der Waals surface area contributed by atoms with Crippen molar-refractivity contribution in [2.45, 2.75) is 6.85 Å². The Labute approximate surface area is 324 Å². The molecule has 262 valence electrons. The molecule has 0 aliphatic rings. The van der Waals surface area contributed by atoms with Gasteiger partial charge in [0.1, 0.15) is 11.5 Å². The minimum Gasteiger partial charge on any atom is -0.308 e. The summed E-state index contributed by atoms with van der Waals surface area (Å²) in [6.07, 6.45) is 3.72. The molecule has 5 nitrogen and oxygen atoms in total. The van der Waals surface area contributed by atoms with Crippen LogP contribution in [0.1, 0.15) is 9.68 Å². The summed E-state index contributed by atoms with van der Waals surface area (Å²) in [5, 5.41) is 2.10. The van der Waals surface area contributed by atoms with Crippen molar-refractivity contribution < 1.29 is 4.11 Å². The lowest BCUT2D eigenvalue weighted by Gasteiger charge is -2.30. The van der Waals surface area contributed by atoms with Crippen molar-refractivity contribution in [1.82, 2.24) is 18.7 Å². The van der Waals surface area contributed by atoms with Crippen molar-refractivity contribution >= 4 is 49.9 Å². The number of aromatic nitrogens is 4. The Morgan fingerprint density at radius 2 is 1.18 bits per heavy atom. The monoisotopic (exact) mass is 711 g/mol. The van der Waals surface area contributed by atoms with Gasteiger partial charge in [-0.05, 0) is 78.1 Å². The van der Waals surface area contributed by atoms with Crippen molar-refractivity contribution in [2.24, 2.45) is 7.05 Å². The first-order valence-electron chi connectivity index (χ1n) is 19.9. The van der Waals surface area contributed by atoms with Crippen LogP contribution in [0.3, 0.4) is 0 Å². The summed E-state index contributed by atoms with van der Waals surface area (Å²) >= 11 is 0. The topological polar surface area (TPSA) is 30.9 Å². The third-order valence-electron chi connectivity index (χ3n) is 10.5. The zero-order valence-electron chi connectivity index (χ0n) is 33.2. The summed E-state index contributed by atoms with van der Waals surface area (Å²) in [6, 6.07) is 62.9. The molecular weight excluding hydrogens is 671 g/mol. The summed E-state index contributed by atoms with van der Waals surface area (Å²) in [5.41, 5.74) is 12.7. The van der Waals surface area contributed by atoms with Crippen LogP contribution in [-0.4, -0.2) is 18.7 Å². The predicted molar refractivity (Wildman–Crippen MR) is 229 cm³/mol. The van der Waals surface area contributed by atoms with Crippen molar-refractivity contribution in [1.29, 1.82) is 0 Å². The van der Waals surface area contributed by atoms with Gasteiger partial charge in [-0.25, -0.2) is 9.55 Å². The second-order valence-electron chi connectivity index (χ2n) is 13.8. The number of anilines is 3. The molecule has 0 N–H and O–H groups in total. The molecule has 3 heterocycles. The summed E-state index contributed by atoms with van der Waals surface area (Å²) in [6.45, 7) is -2.28. The number of nitrogens with zero attached hydrogens (tertiary/aromatic N) is 5. The number of pyridine rings is 1. The highest BCUT2D eigenvalue weighted by Crippen LogP contribution is 2.48. The highest BCUT2D eigenvalue weighted by molar-refractivity contribution is 6.11. The summed E-state index contributed by atoms with van der Waals surface area (Å²) in [4.78, 5) is 7.13. The molecule has 5 heteroatoms. The number of benzene rings is 7. The van der Waals surface area contributed by atoms with Gasteiger partial charge in [0.05, 0.1) is 22.4 Å². The summed E-state index contributed by atoms with van der Waals surface area (Å²) in [5.74, 6) is 0.549. The van der Waals surface area contributed by atoms with Crippen LogP contribution in [0.15, 0.2) is 195 Å². The van der Waals surface area contributed by atoms with E-state index >= 15 is 0 Å². The van der Waals surface area contributed by atoms with Gasteiger partial charge in [-0.2, -0.15) is 4.57 Å². The average Bonchev–Trinajstić information content (AvgIpc) is 3.78. The Kier molecular flexibility index (Phi) is 7.08. The van der Waals surface area contributed by atoms with Gasteiger partial charge in [-0.15, -0.1) is 0 Å². The highest BCUT2D eigenvalue weighted by atomic mass is 15.2. The van der Waals surface area contributed by atoms with Gasteiger partial charge >= 0.3 is 0 Å². The van der Waals surface area contributed by atoms with Crippen LogP contribution in [0.5, 0.6) is 0 Å². The van der Waals surface area contributed by atoms with Gasteiger partial charge < -0.3 is 4.90 Å². The number of hydrogen-bond donors (Lipinski definition) is 0. The third-order valence-corrected chi connectivity index (χ3v) is 10.5. The van der Waals surface area contributed by atoms with Gasteiger partial charge in [0.2, 0.25) is 0 Å². The highest BCUT2D eigenvalue weighted by Gasteiger charge is 2.25. The van der Waals surface area contributed by atoms with Crippen LogP contribution in [0.2, 0.25) is 0 Å². The van der Waals surface area contributed by atoms with E-state index in [1.54, 1.807) is 18.3 Å². The minimum absolute atomic E-state index is 0.244. The number of aryl methyl sites for hydroxylation is 2. The molecule has 0 unspecified atom stereocenters. The van der Waals surface area contributed by atoms with E-state index in [0.29, 0.717) is 5.82 Å². The second kappa shape index (κ2) is 13.3. The Morgan fingerprint density at radius 1 is 0.545 bits per heavy atom. The third kappa shape index (κ3) is 5.56. The molecule has 7 aromatic carbocycles. The van der Waals surface area contributed by atoms with Crippen LogP contribution in [0, 0.1) is 6.85 Å². The van der Waals surface area contributed by atoms with Gasteiger partial charge in [-0.1, -0.05) is 103 Å². The quantitative estimate of drug-likeness (QED) is 0.154. The van der Waals surface area contributed by atoms with Gasteiger partial charge in [0.15, 0.2) is 17.4 Å². The molecular formula is C50H38N5+. The Morgan fingerprint density at radius 3 is 1.93 bits per heavy atom. The molecule has 0 saturated carbocycles. The zero-order valence-corrected chi connectivity index (χ0v) is 30.2. The molecule has 0 fully saturated rings. The predicted octanol–water partition coefficient (Wildman–Crippen LogP) is 12.9. The average molecular weight is 712 g/mol. The minimum atomic E-state index is -2.28. The Balaban J connectivity index is 1.29. The second-order valence-corrected chi connectivity index (χ2v) is 13.8. The van der Waals surface area contributed by atoms with Crippen molar-refractivity contribution in [2.75, 3.05) is 4.90 Å². The maximum absolute atomic E-state index is 8.20. The molecule has 10 aromatic rings. The smallest absolute Gasteiger partial charge is 0.191 e. The van der Waals surface area contributed by atoms with Crippen LogP contribution in [0.4, 0.5) is 17.1 Å². The van der Waals surface area contributed by atoms with E-state index in [4.69, 9.17) is 9.10 Å². The first-order valence-corrected chi connectivity index (χ1v) is 18.4. The molecule has 0 amide bonds. The van der Waals surface area contributed by atoms with Gasteiger partial charge in [0.25, 0.3) is 0 Å². The Bertz CT molecular complexity index is 3070. The van der Waals surface area contributed by atoms with E-state index in [9.17, 15) is 0 Å². The number of fused-ring (bicyclic) bond motifs is 4. The van der Waals surface area contributed by atoms with Crippen molar-refractivity contribution in [3.63, 3.8) is 0 Å². The number of hydrogen-bond acceptors (Lipinski definition) is 2.